The smallest absolute Gasteiger partial charge is 0.306 e. The summed E-state index contributed by atoms with van der Waals surface area (Å²) < 4.78 is 5.75. The van der Waals surface area contributed by atoms with Crippen molar-refractivity contribution in [3.05, 3.63) is 11.6 Å². The average molecular weight is 419 g/mol. The van der Waals surface area contributed by atoms with Crippen molar-refractivity contribution in [2.45, 2.75) is 79.2 Å². The number of carbonyl (C=O) groups excluding carboxylic acids is 3. The number of hydrogen-bond acceptors (Lipinski definition) is 5. The molecular formula is C25H38O5. The van der Waals surface area contributed by atoms with Crippen LogP contribution in [0.3, 0.4) is 0 Å². The van der Waals surface area contributed by atoms with E-state index in [1.165, 1.54) is 0 Å². The van der Waals surface area contributed by atoms with Crippen LogP contribution >= 0.6 is 0 Å². The molecule has 0 spiro atoms. The van der Waals surface area contributed by atoms with E-state index in [1.54, 1.807) is 6.08 Å². The molecule has 0 radical (unpaired) electrons. The van der Waals surface area contributed by atoms with Gasteiger partial charge in [-0.1, -0.05) is 41.0 Å². The average Bonchev–Trinajstić information content (AvgIpc) is 2.64. The summed E-state index contributed by atoms with van der Waals surface area (Å²) in [5.41, 5.74) is -0.447. The number of rotatable bonds is 6. The molecule has 3 aliphatic carbocycles. The maximum atomic E-state index is 12.4. The van der Waals surface area contributed by atoms with Gasteiger partial charge in [0.05, 0.1) is 18.6 Å². The van der Waals surface area contributed by atoms with Gasteiger partial charge in [0.1, 0.15) is 12.6 Å². The predicted octanol–water partition coefficient (Wildman–Crippen LogP) is 4.12. The summed E-state index contributed by atoms with van der Waals surface area (Å²) in [6, 6.07) is 0. The highest BCUT2D eigenvalue weighted by atomic mass is 16.5. The second-order valence-electron chi connectivity index (χ2n) is 11.3. The van der Waals surface area contributed by atoms with Gasteiger partial charge in [-0.15, -0.1) is 0 Å². The number of fused-ring (bicyclic) bond motifs is 3. The first-order valence-corrected chi connectivity index (χ1v) is 11.5. The van der Waals surface area contributed by atoms with Crippen LogP contribution < -0.4 is 0 Å². The number of esters is 1. The summed E-state index contributed by atoms with van der Waals surface area (Å²) in [5.74, 6) is -0.568. The standard InChI is InChI=1S/C25H38O5/c1-16(2)11-21(29)30-15-25-10-7-20-23(3,4)8-6-9-24(20,5)22(25)19(28)12-17(13-26)18(25)14-27/h12-14,16,18-20,22,28H,6-11,15H2,1-5H3/t18?,19?,20-,22+,24-,25+/m0/s1. The van der Waals surface area contributed by atoms with Crippen molar-refractivity contribution in [3.8, 4) is 0 Å². The highest BCUT2D eigenvalue weighted by Crippen LogP contribution is 2.68. The Bertz CT molecular complexity index is 723. The molecule has 0 saturated heterocycles. The van der Waals surface area contributed by atoms with Crippen molar-refractivity contribution in [1.29, 1.82) is 0 Å². The van der Waals surface area contributed by atoms with E-state index in [9.17, 15) is 19.5 Å². The highest BCUT2D eigenvalue weighted by molar-refractivity contribution is 5.82. The molecule has 0 aromatic carbocycles. The van der Waals surface area contributed by atoms with Crippen LogP contribution in [0.4, 0.5) is 0 Å². The number of hydrogen-bond donors (Lipinski definition) is 1. The molecule has 2 fully saturated rings. The Labute approximate surface area is 180 Å². The zero-order chi connectivity index (χ0) is 22.3. The molecule has 168 valence electrons. The summed E-state index contributed by atoms with van der Waals surface area (Å²) in [7, 11) is 0. The fourth-order valence-corrected chi connectivity index (χ4v) is 7.48. The second-order valence-corrected chi connectivity index (χ2v) is 11.3. The van der Waals surface area contributed by atoms with E-state index < -0.39 is 17.4 Å². The summed E-state index contributed by atoms with van der Waals surface area (Å²) in [5, 5.41) is 11.3. The molecule has 0 aromatic heterocycles. The first-order valence-electron chi connectivity index (χ1n) is 11.5. The molecule has 0 aliphatic heterocycles. The number of aliphatic hydroxyl groups excluding tert-OH is 1. The van der Waals surface area contributed by atoms with E-state index in [4.69, 9.17) is 4.74 Å². The number of aliphatic hydroxyl groups is 1. The third-order valence-corrected chi connectivity index (χ3v) is 8.54. The minimum absolute atomic E-state index is 0.0810. The van der Waals surface area contributed by atoms with Crippen LogP contribution in [0.15, 0.2) is 11.6 Å². The Morgan fingerprint density at radius 3 is 2.53 bits per heavy atom. The molecule has 0 amide bonds. The van der Waals surface area contributed by atoms with Crippen molar-refractivity contribution < 1.29 is 24.2 Å². The molecule has 0 bridgehead atoms. The Hall–Kier alpha value is -1.49. The molecule has 5 heteroatoms. The minimum Gasteiger partial charge on any atom is -0.465 e. The molecule has 1 N–H and O–H groups in total. The van der Waals surface area contributed by atoms with E-state index >= 15 is 0 Å². The number of ether oxygens (including phenoxy) is 1. The molecule has 0 heterocycles. The number of aldehydes is 2. The summed E-state index contributed by atoms with van der Waals surface area (Å²) in [6.45, 7) is 10.9. The van der Waals surface area contributed by atoms with Crippen molar-refractivity contribution in [2.75, 3.05) is 6.61 Å². The van der Waals surface area contributed by atoms with Gasteiger partial charge in [0.2, 0.25) is 0 Å². The van der Waals surface area contributed by atoms with Gasteiger partial charge in [-0.2, -0.15) is 0 Å². The number of carbonyl (C=O) groups is 3. The van der Waals surface area contributed by atoms with E-state index in [0.29, 0.717) is 30.6 Å². The van der Waals surface area contributed by atoms with Gasteiger partial charge in [-0.05, 0) is 54.4 Å². The molecule has 3 aliphatic rings. The fraction of sp³-hybridized carbons (Fsp3) is 0.800. The van der Waals surface area contributed by atoms with E-state index in [2.05, 4.69) is 20.8 Å². The van der Waals surface area contributed by atoms with Gasteiger partial charge >= 0.3 is 5.97 Å². The zero-order valence-corrected chi connectivity index (χ0v) is 19.1. The van der Waals surface area contributed by atoms with E-state index in [0.717, 1.165) is 32.0 Å². The van der Waals surface area contributed by atoms with Gasteiger partial charge < -0.3 is 14.6 Å². The van der Waals surface area contributed by atoms with Gasteiger partial charge in [0.25, 0.3) is 0 Å². The zero-order valence-electron chi connectivity index (χ0n) is 19.1. The topological polar surface area (TPSA) is 80.7 Å². The Morgan fingerprint density at radius 2 is 1.93 bits per heavy atom. The van der Waals surface area contributed by atoms with Gasteiger partial charge in [0.15, 0.2) is 0 Å². The molecule has 2 saturated carbocycles. The largest absolute Gasteiger partial charge is 0.465 e. The van der Waals surface area contributed by atoms with Crippen molar-refractivity contribution in [2.24, 2.45) is 39.9 Å². The number of allylic oxidation sites excluding steroid dienone is 1. The van der Waals surface area contributed by atoms with Crippen LogP contribution in [-0.2, 0) is 19.1 Å². The molecule has 30 heavy (non-hydrogen) atoms. The van der Waals surface area contributed by atoms with Gasteiger partial charge in [-0.25, -0.2) is 0 Å². The lowest BCUT2D eigenvalue weighted by molar-refractivity contribution is -0.201. The second kappa shape index (κ2) is 8.22. The SMILES string of the molecule is CC(C)CC(=O)OC[C@@]12CC[C@H]3C(C)(C)CCC[C@]3(C)[C@H]1C(O)C=C(C=O)C2C=O. The van der Waals surface area contributed by atoms with Gasteiger partial charge in [-0.3, -0.25) is 9.59 Å². The van der Waals surface area contributed by atoms with Crippen molar-refractivity contribution >= 4 is 18.5 Å². The summed E-state index contributed by atoms with van der Waals surface area (Å²) >= 11 is 0. The van der Waals surface area contributed by atoms with Crippen LogP contribution in [0, 0.1) is 39.9 Å². The van der Waals surface area contributed by atoms with Crippen LogP contribution in [0.25, 0.3) is 0 Å². The van der Waals surface area contributed by atoms with Gasteiger partial charge in [0, 0.05) is 23.3 Å². The van der Waals surface area contributed by atoms with Crippen LogP contribution in [0.5, 0.6) is 0 Å². The van der Waals surface area contributed by atoms with E-state index in [1.807, 2.05) is 13.8 Å². The van der Waals surface area contributed by atoms with Crippen molar-refractivity contribution in [1.82, 2.24) is 0 Å². The van der Waals surface area contributed by atoms with Crippen LogP contribution in [0.1, 0.15) is 73.1 Å². The minimum atomic E-state index is -0.827. The third kappa shape index (κ3) is 3.68. The third-order valence-electron chi connectivity index (χ3n) is 8.54. The van der Waals surface area contributed by atoms with Crippen LogP contribution in [-0.4, -0.2) is 36.4 Å². The molecular weight excluding hydrogens is 380 g/mol. The van der Waals surface area contributed by atoms with E-state index in [-0.39, 0.29) is 35.2 Å². The monoisotopic (exact) mass is 418 g/mol. The molecule has 3 rings (SSSR count). The first kappa shape index (κ1) is 23.2. The Morgan fingerprint density at radius 1 is 1.23 bits per heavy atom. The summed E-state index contributed by atoms with van der Waals surface area (Å²) in [6.07, 6.45) is 7.38. The lowest BCUT2D eigenvalue weighted by atomic mass is 9.39. The molecule has 2 unspecified atom stereocenters. The van der Waals surface area contributed by atoms with Crippen LogP contribution in [0.2, 0.25) is 0 Å². The maximum absolute atomic E-state index is 12.4. The highest BCUT2D eigenvalue weighted by Gasteiger charge is 2.65. The maximum Gasteiger partial charge on any atom is 0.306 e. The molecule has 0 aromatic rings. The molecule has 5 nitrogen and oxygen atoms in total. The normalized spacial score (nSPS) is 40.0. The quantitative estimate of drug-likeness (QED) is 0.518. The Balaban J connectivity index is 2.06. The predicted molar refractivity (Wildman–Crippen MR) is 115 cm³/mol. The summed E-state index contributed by atoms with van der Waals surface area (Å²) in [4.78, 5) is 36.5. The first-order chi connectivity index (χ1) is 14.0. The Kier molecular flexibility index (Phi) is 6.35. The molecule has 6 atom stereocenters. The lowest BCUT2D eigenvalue weighted by Gasteiger charge is -2.65. The fourth-order valence-electron chi connectivity index (χ4n) is 7.48. The lowest BCUT2D eigenvalue weighted by Crippen LogP contribution is -2.64. The van der Waals surface area contributed by atoms with Crippen molar-refractivity contribution in [3.63, 3.8) is 0 Å².